The predicted molar refractivity (Wildman–Crippen MR) is 81.6 cm³/mol. The van der Waals surface area contributed by atoms with Gasteiger partial charge in [-0.25, -0.2) is 14.8 Å². The molecule has 0 aliphatic rings. The van der Waals surface area contributed by atoms with Gasteiger partial charge in [-0.3, -0.25) is 0 Å². The van der Waals surface area contributed by atoms with Crippen molar-refractivity contribution in [1.82, 2.24) is 9.97 Å². The van der Waals surface area contributed by atoms with Crippen LogP contribution in [-0.4, -0.2) is 21.0 Å². The number of nitrogens with zero attached hydrogens (tertiary/aromatic N) is 2. The molecule has 1 aromatic carbocycles. The smallest absolute Gasteiger partial charge is 0.356 e. The van der Waals surface area contributed by atoms with Crippen LogP contribution in [-0.2, 0) is 0 Å². The lowest BCUT2D eigenvalue weighted by Gasteiger charge is -2.17. The normalized spacial score (nSPS) is 12.2. The SMILES string of the molecule is CC(C)c1ncc(NC(C)c2ccccc2)c(C(=O)O)n1. The average Bonchev–Trinajstić information content (AvgIpc) is 2.48. The fraction of sp³-hybridized carbons (Fsp3) is 0.312. The monoisotopic (exact) mass is 285 g/mol. The van der Waals surface area contributed by atoms with E-state index in [9.17, 15) is 9.90 Å². The third-order valence-electron chi connectivity index (χ3n) is 3.20. The first kappa shape index (κ1) is 15.0. The predicted octanol–water partition coefficient (Wildman–Crippen LogP) is 3.47. The van der Waals surface area contributed by atoms with Crippen molar-refractivity contribution in [3.63, 3.8) is 0 Å². The van der Waals surface area contributed by atoms with Crippen LogP contribution < -0.4 is 5.32 Å². The first-order chi connectivity index (χ1) is 9.99. The summed E-state index contributed by atoms with van der Waals surface area (Å²) in [4.78, 5) is 19.8. The molecule has 1 unspecified atom stereocenters. The summed E-state index contributed by atoms with van der Waals surface area (Å²) in [6.45, 7) is 5.83. The molecule has 0 bridgehead atoms. The average molecular weight is 285 g/mol. The van der Waals surface area contributed by atoms with Crippen molar-refractivity contribution < 1.29 is 9.90 Å². The van der Waals surface area contributed by atoms with Crippen molar-refractivity contribution in [3.05, 3.63) is 53.6 Å². The minimum absolute atomic E-state index is 0.0106. The number of aromatic carboxylic acids is 1. The maximum atomic E-state index is 11.4. The van der Waals surface area contributed by atoms with Gasteiger partial charge in [0.1, 0.15) is 5.82 Å². The number of rotatable bonds is 5. The molecule has 0 aliphatic heterocycles. The highest BCUT2D eigenvalue weighted by Crippen LogP contribution is 2.22. The molecule has 2 N–H and O–H groups in total. The van der Waals surface area contributed by atoms with Crippen molar-refractivity contribution in [2.75, 3.05) is 5.32 Å². The molecule has 0 saturated carbocycles. The van der Waals surface area contributed by atoms with E-state index in [1.165, 1.54) is 0 Å². The second-order valence-corrected chi connectivity index (χ2v) is 5.23. The molecule has 5 heteroatoms. The van der Waals surface area contributed by atoms with Gasteiger partial charge in [0.05, 0.1) is 11.9 Å². The van der Waals surface area contributed by atoms with Gasteiger partial charge in [0.15, 0.2) is 5.69 Å². The van der Waals surface area contributed by atoms with E-state index in [2.05, 4.69) is 15.3 Å². The van der Waals surface area contributed by atoms with Crippen LogP contribution in [0.25, 0.3) is 0 Å². The van der Waals surface area contributed by atoms with Gasteiger partial charge in [0, 0.05) is 12.0 Å². The molecule has 2 aromatic rings. The first-order valence-corrected chi connectivity index (χ1v) is 6.90. The third kappa shape index (κ3) is 3.56. The second kappa shape index (κ2) is 6.35. The van der Waals surface area contributed by atoms with E-state index in [0.29, 0.717) is 11.5 Å². The Kier molecular flexibility index (Phi) is 4.52. The fourth-order valence-corrected chi connectivity index (χ4v) is 2.00. The summed E-state index contributed by atoms with van der Waals surface area (Å²) >= 11 is 0. The number of hydrogen-bond donors (Lipinski definition) is 2. The lowest BCUT2D eigenvalue weighted by Crippen LogP contribution is -2.14. The molecule has 0 fully saturated rings. The molecule has 2 rings (SSSR count). The maximum Gasteiger partial charge on any atom is 0.356 e. The summed E-state index contributed by atoms with van der Waals surface area (Å²) in [6.07, 6.45) is 1.55. The number of nitrogens with one attached hydrogen (secondary N) is 1. The number of benzene rings is 1. The van der Waals surface area contributed by atoms with Gasteiger partial charge in [0.25, 0.3) is 0 Å². The van der Waals surface area contributed by atoms with Crippen molar-refractivity contribution >= 4 is 11.7 Å². The molecule has 0 amide bonds. The van der Waals surface area contributed by atoms with Crippen molar-refractivity contribution in [1.29, 1.82) is 0 Å². The summed E-state index contributed by atoms with van der Waals surface area (Å²) in [5.41, 5.74) is 1.52. The highest BCUT2D eigenvalue weighted by Gasteiger charge is 2.17. The van der Waals surface area contributed by atoms with E-state index in [0.717, 1.165) is 5.56 Å². The molecule has 1 aromatic heterocycles. The van der Waals surface area contributed by atoms with E-state index in [-0.39, 0.29) is 17.7 Å². The van der Waals surface area contributed by atoms with Gasteiger partial charge >= 0.3 is 5.97 Å². The number of aromatic nitrogens is 2. The highest BCUT2D eigenvalue weighted by atomic mass is 16.4. The summed E-state index contributed by atoms with van der Waals surface area (Å²) in [6, 6.07) is 9.79. The van der Waals surface area contributed by atoms with Gasteiger partial charge in [-0.1, -0.05) is 44.2 Å². The zero-order chi connectivity index (χ0) is 15.4. The standard InChI is InChI=1S/C16H19N3O2/c1-10(2)15-17-9-13(14(19-15)16(20)21)18-11(3)12-7-5-4-6-8-12/h4-11,18H,1-3H3,(H,20,21). The first-order valence-electron chi connectivity index (χ1n) is 6.90. The summed E-state index contributed by atoms with van der Waals surface area (Å²) in [5.74, 6) is -0.434. The minimum atomic E-state index is -1.05. The molecule has 0 saturated heterocycles. The van der Waals surface area contributed by atoms with Crippen LogP contribution in [0.4, 0.5) is 5.69 Å². The van der Waals surface area contributed by atoms with Crippen LogP contribution in [0.15, 0.2) is 36.5 Å². The zero-order valence-electron chi connectivity index (χ0n) is 12.4. The topological polar surface area (TPSA) is 75.1 Å². The second-order valence-electron chi connectivity index (χ2n) is 5.23. The molecule has 5 nitrogen and oxygen atoms in total. The molecular formula is C16H19N3O2. The Hall–Kier alpha value is -2.43. The summed E-state index contributed by atoms with van der Waals surface area (Å²) in [5, 5.41) is 12.5. The van der Waals surface area contributed by atoms with Crippen molar-refractivity contribution in [2.45, 2.75) is 32.7 Å². The Morgan fingerprint density at radius 3 is 2.43 bits per heavy atom. The van der Waals surface area contributed by atoms with Gasteiger partial charge in [-0.2, -0.15) is 0 Å². The molecule has 110 valence electrons. The molecule has 0 spiro atoms. The molecule has 1 atom stereocenters. The zero-order valence-corrected chi connectivity index (χ0v) is 12.4. The summed E-state index contributed by atoms with van der Waals surface area (Å²) < 4.78 is 0. The lowest BCUT2D eigenvalue weighted by molar-refractivity contribution is 0.0691. The van der Waals surface area contributed by atoms with E-state index in [1.807, 2.05) is 51.1 Å². The van der Waals surface area contributed by atoms with Crippen LogP contribution in [0.3, 0.4) is 0 Å². The van der Waals surface area contributed by atoms with E-state index in [1.54, 1.807) is 6.20 Å². The maximum absolute atomic E-state index is 11.4. The molecular weight excluding hydrogens is 266 g/mol. The van der Waals surface area contributed by atoms with Crippen LogP contribution in [0.5, 0.6) is 0 Å². The van der Waals surface area contributed by atoms with Crippen LogP contribution >= 0.6 is 0 Å². The Labute approximate surface area is 124 Å². The van der Waals surface area contributed by atoms with Gasteiger partial charge in [0.2, 0.25) is 0 Å². The molecule has 0 aliphatic carbocycles. The highest BCUT2D eigenvalue weighted by molar-refractivity contribution is 5.91. The van der Waals surface area contributed by atoms with Crippen LogP contribution in [0.1, 0.15) is 54.6 Å². The van der Waals surface area contributed by atoms with E-state index >= 15 is 0 Å². The fourth-order valence-electron chi connectivity index (χ4n) is 2.00. The quantitative estimate of drug-likeness (QED) is 0.879. The van der Waals surface area contributed by atoms with Gasteiger partial charge in [-0.15, -0.1) is 0 Å². The van der Waals surface area contributed by atoms with Gasteiger partial charge in [-0.05, 0) is 12.5 Å². The van der Waals surface area contributed by atoms with Crippen LogP contribution in [0.2, 0.25) is 0 Å². The lowest BCUT2D eigenvalue weighted by atomic mass is 10.1. The third-order valence-corrected chi connectivity index (χ3v) is 3.20. The number of carboxylic acid groups (broad SMARTS) is 1. The minimum Gasteiger partial charge on any atom is -0.476 e. The molecule has 21 heavy (non-hydrogen) atoms. The molecule has 0 radical (unpaired) electrons. The van der Waals surface area contributed by atoms with Crippen LogP contribution in [0, 0.1) is 0 Å². The Balaban J connectivity index is 2.29. The summed E-state index contributed by atoms with van der Waals surface area (Å²) in [7, 11) is 0. The van der Waals surface area contributed by atoms with Crippen molar-refractivity contribution in [3.8, 4) is 0 Å². The Morgan fingerprint density at radius 1 is 1.19 bits per heavy atom. The Bertz CT molecular complexity index is 627. The van der Waals surface area contributed by atoms with Gasteiger partial charge < -0.3 is 10.4 Å². The number of hydrogen-bond acceptors (Lipinski definition) is 4. The van der Waals surface area contributed by atoms with Crippen molar-refractivity contribution in [2.24, 2.45) is 0 Å². The number of carboxylic acids is 1. The van der Waals surface area contributed by atoms with E-state index < -0.39 is 5.97 Å². The number of carbonyl (C=O) groups is 1. The Morgan fingerprint density at radius 2 is 1.86 bits per heavy atom. The molecule has 1 heterocycles. The largest absolute Gasteiger partial charge is 0.476 e. The number of anilines is 1. The van der Waals surface area contributed by atoms with E-state index in [4.69, 9.17) is 0 Å².